The van der Waals surface area contributed by atoms with Crippen molar-refractivity contribution in [2.75, 3.05) is 46.4 Å². The van der Waals surface area contributed by atoms with Crippen molar-refractivity contribution < 1.29 is 14.6 Å². The minimum atomic E-state index is -0.682. The lowest BCUT2D eigenvalue weighted by atomic mass is 9.97. The molecule has 0 unspecified atom stereocenters. The van der Waals surface area contributed by atoms with Gasteiger partial charge in [0.25, 0.3) is 5.91 Å². The van der Waals surface area contributed by atoms with Crippen LogP contribution in [0, 0.1) is 0 Å². The zero-order valence-corrected chi connectivity index (χ0v) is 15.1. The van der Waals surface area contributed by atoms with Crippen LogP contribution in [0.1, 0.15) is 36.2 Å². The van der Waals surface area contributed by atoms with Crippen LogP contribution >= 0.6 is 0 Å². The van der Waals surface area contributed by atoms with E-state index < -0.39 is 5.60 Å². The first kappa shape index (κ1) is 18.9. The fourth-order valence-electron chi connectivity index (χ4n) is 2.89. The number of aryl methyl sites for hydroxylation is 1. The molecule has 1 amide bonds. The Kier molecular flexibility index (Phi) is 6.78. The van der Waals surface area contributed by atoms with Crippen LogP contribution in [0.5, 0.6) is 0 Å². The minimum absolute atomic E-state index is 0.103. The molecule has 1 heterocycles. The van der Waals surface area contributed by atoms with Crippen molar-refractivity contribution >= 4 is 5.91 Å². The largest absolute Gasteiger partial charge is 0.390 e. The normalized spacial score (nSPS) is 16.4. The molecular formula is C19H30N2O3. The molecule has 0 atom stereocenters. The SMILES string of the molecule is COCCN1CCN(C(=O)c2cccc(CCC(C)(C)O)c2)CC1. The number of carbonyl (C=O) groups excluding carboxylic acids is 1. The van der Waals surface area contributed by atoms with Gasteiger partial charge in [-0.15, -0.1) is 0 Å². The molecule has 1 aromatic carbocycles. The Balaban J connectivity index is 1.91. The van der Waals surface area contributed by atoms with Crippen LogP contribution in [-0.4, -0.2) is 72.9 Å². The van der Waals surface area contributed by atoms with E-state index in [1.807, 2.05) is 43.0 Å². The van der Waals surface area contributed by atoms with Crippen molar-refractivity contribution in [2.45, 2.75) is 32.3 Å². The number of nitrogens with zero attached hydrogens (tertiary/aromatic N) is 2. The summed E-state index contributed by atoms with van der Waals surface area (Å²) in [6, 6.07) is 7.80. The van der Waals surface area contributed by atoms with Crippen molar-refractivity contribution in [3.05, 3.63) is 35.4 Å². The van der Waals surface area contributed by atoms with Crippen LogP contribution < -0.4 is 0 Å². The summed E-state index contributed by atoms with van der Waals surface area (Å²) in [7, 11) is 1.71. The van der Waals surface area contributed by atoms with Gasteiger partial charge in [-0.1, -0.05) is 12.1 Å². The fraction of sp³-hybridized carbons (Fsp3) is 0.632. The first-order chi connectivity index (χ1) is 11.4. The number of methoxy groups -OCH3 is 1. The van der Waals surface area contributed by atoms with Gasteiger partial charge in [0, 0.05) is 45.4 Å². The van der Waals surface area contributed by atoms with Gasteiger partial charge in [-0.2, -0.15) is 0 Å². The maximum atomic E-state index is 12.7. The smallest absolute Gasteiger partial charge is 0.253 e. The molecule has 2 rings (SSSR count). The Morgan fingerprint density at radius 1 is 1.25 bits per heavy atom. The van der Waals surface area contributed by atoms with Gasteiger partial charge in [-0.3, -0.25) is 9.69 Å². The second-order valence-corrected chi connectivity index (χ2v) is 7.14. The molecule has 1 fully saturated rings. The molecule has 0 aromatic heterocycles. The van der Waals surface area contributed by atoms with Gasteiger partial charge >= 0.3 is 0 Å². The highest BCUT2D eigenvalue weighted by Crippen LogP contribution is 2.16. The van der Waals surface area contributed by atoms with E-state index in [1.165, 1.54) is 0 Å². The predicted octanol–water partition coefficient (Wildman–Crippen LogP) is 1.79. The Morgan fingerprint density at radius 2 is 1.96 bits per heavy atom. The molecule has 1 aliphatic heterocycles. The summed E-state index contributed by atoms with van der Waals surface area (Å²) in [5, 5.41) is 9.86. The average Bonchev–Trinajstić information content (AvgIpc) is 2.57. The van der Waals surface area contributed by atoms with Gasteiger partial charge in [0.2, 0.25) is 0 Å². The van der Waals surface area contributed by atoms with Gasteiger partial charge < -0.3 is 14.7 Å². The fourth-order valence-corrected chi connectivity index (χ4v) is 2.89. The third-order valence-corrected chi connectivity index (χ3v) is 4.47. The summed E-state index contributed by atoms with van der Waals surface area (Å²) in [6.45, 7) is 8.59. The number of amides is 1. The first-order valence-electron chi connectivity index (χ1n) is 8.71. The number of carbonyl (C=O) groups is 1. The minimum Gasteiger partial charge on any atom is -0.390 e. The van der Waals surface area contributed by atoms with E-state index in [0.29, 0.717) is 6.42 Å². The number of hydrogen-bond donors (Lipinski definition) is 1. The van der Waals surface area contributed by atoms with Gasteiger partial charge in [-0.05, 0) is 44.4 Å². The van der Waals surface area contributed by atoms with Gasteiger partial charge in [0.1, 0.15) is 0 Å². The number of ether oxygens (including phenoxy) is 1. The molecular weight excluding hydrogens is 304 g/mol. The van der Waals surface area contributed by atoms with Crippen molar-refractivity contribution in [2.24, 2.45) is 0 Å². The van der Waals surface area contributed by atoms with E-state index in [1.54, 1.807) is 7.11 Å². The maximum absolute atomic E-state index is 12.7. The van der Waals surface area contributed by atoms with E-state index in [0.717, 1.165) is 56.9 Å². The van der Waals surface area contributed by atoms with E-state index in [9.17, 15) is 9.90 Å². The third kappa shape index (κ3) is 5.89. The molecule has 1 aliphatic rings. The van der Waals surface area contributed by atoms with Crippen LogP contribution in [0.15, 0.2) is 24.3 Å². The number of hydrogen-bond acceptors (Lipinski definition) is 4. The van der Waals surface area contributed by atoms with Gasteiger partial charge in [0.15, 0.2) is 0 Å². The zero-order chi connectivity index (χ0) is 17.6. The molecule has 0 bridgehead atoms. The van der Waals surface area contributed by atoms with Crippen molar-refractivity contribution in [1.29, 1.82) is 0 Å². The van der Waals surface area contributed by atoms with Crippen molar-refractivity contribution in [1.82, 2.24) is 9.80 Å². The summed E-state index contributed by atoms with van der Waals surface area (Å²) in [5.41, 5.74) is 1.16. The number of benzene rings is 1. The van der Waals surface area contributed by atoms with E-state index >= 15 is 0 Å². The second-order valence-electron chi connectivity index (χ2n) is 7.14. The predicted molar refractivity (Wildman–Crippen MR) is 95.3 cm³/mol. The molecule has 134 valence electrons. The van der Waals surface area contributed by atoms with E-state index in [4.69, 9.17) is 4.74 Å². The van der Waals surface area contributed by atoms with E-state index in [2.05, 4.69) is 4.90 Å². The lowest BCUT2D eigenvalue weighted by Crippen LogP contribution is -2.49. The molecule has 1 N–H and O–H groups in total. The first-order valence-corrected chi connectivity index (χ1v) is 8.71. The molecule has 0 radical (unpaired) electrons. The summed E-state index contributed by atoms with van der Waals surface area (Å²) < 4.78 is 5.11. The third-order valence-electron chi connectivity index (χ3n) is 4.47. The highest BCUT2D eigenvalue weighted by atomic mass is 16.5. The number of piperazine rings is 1. The molecule has 5 heteroatoms. The van der Waals surface area contributed by atoms with Crippen LogP contribution in [0.25, 0.3) is 0 Å². The van der Waals surface area contributed by atoms with Gasteiger partial charge in [-0.25, -0.2) is 0 Å². The Morgan fingerprint density at radius 3 is 2.58 bits per heavy atom. The lowest BCUT2D eigenvalue weighted by Gasteiger charge is -2.34. The summed E-state index contributed by atoms with van der Waals surface area (Å²) >= 11 is 0. The summed E-state index contributed by atoms with van der Waals surface area (Å²) in [6.07, 6.45) is 1.46. The highest BCUT2D eigenvalue weighted by molar-refractivity contribution is 5.94. The molecule has 0 saturated carbocycles. The molecule has 0 spiro atoms. The topological polar surface area (TPSA) is 53.0 Å². The van der Waals surface area contributed by atoms with Gasteiger partial charge in [0.05, 0.1) is 12.2 Å². The number of rotatable bonds is 7. The Hall–Kier alpha value is -1.43. The maximum Gasteiger partial charge on any atom is 0.253 e. The molecule has 24 heavy (non-hydrogen) atoms. The lowest BCUT2D eigenvalue weighted by molar-refractivity contribution is 0.0594. The average molecular weight is 334 g/mol. The monoisotopic (exact) mass is 334 g/mol. The highest BCUT2D eigenvalue weighted by Gasteiger charge is 2.22. The van der Waals surface area contributed by atoms with Crippen molar-refractivity contribution in [3.8, 4) is 0 Å². The van der Waals surface area contributed by atoms with Crippen LogP contribution in [0.4, 0.5) is 0 Å². The summed E-state index contributed by atoms with van der Waals surface area (Å²) in [5.74, 6) is 0.103. The number of aliphatic hydroxyl groups is 1. The molecule has 1 aromatic rings. The Bertz CT molecular complexity index is 532. The van der Waals surface area contributed by atoms with Crippen LogP contribution in [0.2, 0.25) is 0 Å². The summed E-state index contributed by atoms with van der Waals surface area (Å²) in [4.78, 5) is 17.0. The molecule has 5 nitrogen and oxygen atoms in total. The standard InChI is InChI=1S/C19H30N2O3/c1-19(2,23)8-7-16-5-4-6-17(15-16)18(22)21-11-9-20(10-12-21)13-14-24-3/h4-6,15,23H,7-14H2,1-3H3. The van der Waals surface area contributed by atoms with E-state index in [-0.39, 0.29) is 5.91 Å². The quantitative estimate of drug-likeness (QED) is 0.826. The molecule has 1 saturated heterocycles. The zero-order valence-electron chi connectivity index (χ0n) is 15.1. The molecule has 0 aliphatic carbocycles. The van der Waals surface area contributed by atoms with Crippen LogP contribution in [-0.2, 0) is 11.2 Å². The van der Waals surface area contributed by atoms with Crippen LogP contribution in [0.3, 0.4) is 0 Å². The van der Waals surface area contributed by atoms with Crippen molar-refractivity contribution in [3.63, 3.8) is 0 Å². The second kappa shape index (κ2) is 8.60. The Labute approximate surface area is 145 Å².